The number of hydrogen-bond acceptors (Lipinski definition) is 5. The number of nitrogens with one attached hydrogen (secondary N) is 2. The number of carbonyl (C=O) groups excluding carboxylic acids is 2. The third kappa shape index (κ3) is 2.42. The van der Waals surface area contributed by atoms with Crippen molar-refractivity contribution in [1.29, 1.82) is 0 Å². The van der Waals surface area contributed by atoms with Gasteiger partial charge in [0.15, 0.2) is 5.72 Å². The summed E-state index contributed by atoms with van der Waals surface area (Å²) in [4.78, 5) is 24.9. The minimum atomic E-state index is -0.917. The summed E-state index contributed by atoms with van der Waals surface area (Å²) in [6.07, 6.45) is 0.499. The second kappa shape index (κ2) is 7.35. The number of methoxy groups -OCH3 is 1. The number of benzene rings is 3. The van der Waals surface area contributed by atoms with Crippen molar-refractivity contribution in [2.45, 2.75) is 44.0 Å². The summed E-state index contributed by atoms with van der Waals surface area (Å²) in [5, 5.41) is 9.08. The van der Waals surface area contributed by atoms with E-state index in [9.17, 15) is 9.59 Å². The van der Waals surface area contributed by atoms with E-state index in [4.69, 9.17) is 9.47 Å². The molecular weight excluding hydrogens is 482 g/mol. The van der Waals surface area contributed by atoms with Gasteiger partial charge in [0.05, 0.1) is 33.7 Å². The third-order valence-electron chi connectivity index (χ3n) is 8.95. The number of amides is 2. The highest BCUT2D eigenvalue weighted by Gasteiger charge is 2.54. The zero-order valence-corrected chi connectivity index (χ0v) is 21.3. The van der Waals surface area contributed by atoms with Gasteiger partial charge >= 0.3 is 0 Å². The standard InChI is InChI=1S/C29H27N5O4/c1-29-27(37-3)20(32(2)31-14-35)12-21(38-29)33-18-10-6-4-8-15(18)23-24-17(13-30-28(24)36)22-16-9-5-7-11-19(16)34(29)26(22)25(23)33/h4-11,14,20-21,27H,12-13H2,1-3H3,(H,30,36)(H,31,35)/t20-,21-,27-,29+/m1/s1. The number of rotatable bonds is 4. The molecule has 1 saturated heterocycles. The van der Waals surface area contributed by atoms with E-state index >= 15 is 0 Å². The molecule has 0 aliphatic carbocycles. The van der Waals surface area contributed by atoms with Crippen molar-refractivity contribution in [2.75, 3.05) is 14.2 Å². The van der Waals surface area contributed by atoms with E-state index in [2.05, 4.69) is 51.1 Å². The van der Waals surface area contributed by atoms with E-state index in [-0.39, 0.29) is 18.2 Å². The van der Waals surface area contributed by atoms with Crippen molar-refractivity contribution in [1.82, 2.24) is 24.9 Å². The highest BCUT2D eigenvalue weighted by molar-refractivity contribution is 6.31. The van der Waals surface area contributed by atoms with Crippen molar-refractivity contribution >= 4 is 55.9 Å². The molecular formula is C29H27N5O4. The van der Waals surface area contributed by atoms with Gasteiger partial charge in [-0.1, -0.05) is 36.4 Å². The van der Waals surface area contributed by atoms with E-state index < -0.39 is 11.8 Å². The van der Waals surface area contributed by atoms with Crippen molar-refractivity contribution in [2.24, 2.45) is 0 Å². The van der Waals surface area contributed by atoms with Crippen LogP contribution in [0, 0.1) is 0 Å². The zero-order valence-electron chi connectivity index (χ0n) is 21.3. The Morgan fingerprint density at radius 3 is 2.55 bits per heavy atom. The van der Waals surface area contributed by atoms with Gasteiger partial charge in [0.1, 0.15) is 12.3 Å². The lowest BCUT2D eigenvalue weighted by Crippen LogP contribution is -2.62. The van der Waals surface area contributed by atoms with Gasteiger partial charge in [0.25, 0.3) is 5.91 Å². The predicted octanol–water partition coefficient (Wildman–Crippen LogP) is 3.73. The van der Waals surface area contributed by atoms with E-state index in [1.807, 2.05) is 36.3 Å². The van der Waals surface area contributed by atoms with E-state index in [1.165, 1.54) is 0 Å². The van der Waals surface area contributed by atoms with Crippen LogP contribution in [0.5, 0.6) is 0 Å². The molecule has 0 unspecified atom stereocenters. The lowest BCUT2D eigenvalue weighted by molar-refractivity contribution is -0.269. The van der Waals surface area contributed by atoms with E-state index in [0.717, 1.165) is 54.7 Å². The summed E-state index contributed by atoms with van der Waals surface area (Å²) in [6.45, 7) is 2.56. The lowest BCUT2D eigenvalue weighted by Gasteiger charge is -2.50. The van der Waals surface area contributed by atoms with Crippen LogP contribution in [0.2, 0.25) is 0 Å². The van der Waals surface area contributed by atoms with Gasteiger partial charge in [-0.25, -0.2) is 5.01 Å². The molecule has 38 heavy (non-hydrogen) atoms. The second-order valence-corrected chi connectivity index (χ2v) is 10.7. The molecule has 5 heterocycles. The normalized spacial score (nSPS) is 26.0. The monoisotopic (exact) mass is 509 g/mol. The Bertz CT molecular complexity index is 1850. The molecule has 2 N–H and O–H groups in total. The number of aromatic nitrogens is 2. The van der Waals surface area contributed by atoms with Crippen LogP contribution in [0.3, 0.4) is 0 Å². The number of para-hydroxylation sites is 2. The van der Waals surface area contributed by atoms with Gasteiger partial charge in [-0.05, 0) is 24.6 Å². The van der Waals surface area contributed by atoms with Gasteiger partial charge in [-0.2, -0.15) is 0 Å². The first kappa shape index (κ1) is 22.1. The highest BCUT2D eigenvalue weighted by atomic mass is 16.6. The quantitative estimate of drug-likeness (QED) is 0.285. The summed E-state index contributed by atoms with van der Waals surface area (Å²) in [6, 6.07) is 16.4. The van der Waals surface area contributed by atoms with Crippen LogP contribution in [-0.4, -0.2) is 52.8 Å². The summed E-state index contributed by atoms with van der Waals surface area (Å²) in [5.74, 6) is -0.0384. The van der Waals surface area contributed by atoms with Crippen molar-refractivity contribution in [3.8, 4) is 0 Å². The molecule has 2 amide bonds. The number of ether oxygens (including phenoxy) is 2. The van der Waals surface area contributed by atoms with Crippen LogP contribution >= 0.6 is 0 Å². The van der Waals surface area contributed by atoms with Crippen LogP contribution in [-0.2, 0) is 26.5 Å². The fourth-order valence-corrected chi connectivity index (χ4v) is 7.57. The Labute approximate surface area is 217 Å². The Hall–Kier alpha value is -3.92. The number of hydrogen-bond donors (Lipinski definition) is 2. The molecule has 8 rings (SSSR count). The molecule has 0 saturated carbocycles. The smallest absolute Gasteiger partial charge is 0.252 e. The maximum Gasteiger partial charge on any atom is 0.252 e. The molecule has 4 atom stereocenters. The van der Waals surface area contributed by atoms with Gasteiger partial charge in [0, 0.05) is 48.7 Å². The topological polar surface area (TPSA) is 89.8 Å². The summed E-state index contributed by atoms with van der Waals surface area (Å²) < 4.78 is 17.9. The molecule has 0 spiro atoms. The zero-order chi connectivity index (χ0) is 25.9. The van der Waals surface area contributed by atoms with Gasteiger partial charge < -0.3 is 23.9 Å². The van der Waals surface area contributed by atoms with Crippen LogP contribution in [0.1, 0.15) is 35.5 Å². The molecule has 0 radical (unpaired) electrons. The van der Waals surface area contributed by atoms with Crippen molar-refractivity contribution in [3.63, 3.8) is 0 Å². The molecule has 192 valence electrons. The molecule has 9 heteroatoms. The number of nitrogens with zero attached hydrogens (tertiary/aromatic N) is 3. The summed E-state index contributed by atoms with van der Waals surface area (Å²) >= 11 is 0. The van der Waals surface area contributed by atoms with Gasteiger partial charge in [0.2, 0.25) is 6.41 Å². The number of likely N-dealkylation sites (N-methyl/N-ethyl adjacent to an activating group) is 1. The first-order valence-corrected chi connectivity index (χ1v) is 12.9. The van der Waals surface area contributed by atoms with Crippen LogP contribution < -0.4 is 10.7 Å². The number of hydrazine groups is 1. The van der Waals surface area contributed by atoms with E-state index in [1.54, 1.807) is 7.11 Å². The van der Waals surface area contributed by atoms with Crippen molar-refractivity contribution in [3.05, 3.63) is 59.7 Å². The molecule has 9 nitrogen and oxygen atoms in total. The summed E-state index contributed by atoms with van der Waals surface area (Å²) in [7, 11) is 3.57. The van der Waals surface area contributed by atoms with Crippen LogP contribution in [0.25, 0.3) is 43.6 Å². The molecule has 3 aromatic carbocycles. The Balaban J connectivity index is 1.64. The second-order valence-electron chi connectivity index (χ2n) is 10.7. The van der Waals surface area contributed by atoms with Gasteiger partial charge in [-0.15, -0.1) is 0 Å². The third-order valence-corrected chi connectivity index (χ3v) is 8.95. The minimum Gasteiger partial charge on any atom is -0.375 e. The maximum absolute atomic E-state index is 13.4. The lowest BCUT2D eigenvalue weighted by atomic mass is 9.92. The predicted molar refractivity (Wildman–Crippen MR) is 144 cm³/mol. The SMILES string of the molecule is CO[C@@H]1[C@H](N(C)NC=O)C[C@H]2O[C@]1(C)n1c3ccccc3c3c4c(c5c6ccccc6n2c5c31)C(=O)NC4. The van der Waals surface area contributed by atoms with Crippen LogP contribution in [0.15, 0.2) is 48.5 Å². The largest absolute Gasteiger partial charge is 0.375 e. The Morgan fingerprint density at radius 2 is 1.82 bits per heavy atom. The molecule has 3 aliphatic heterocycles. The molecule has 1 fully saturated rings. The molecule has 5 aromatic rings. The minimum absolute atomic E-state index is 0.0384. The fourth-order valence-electron chi connectivity index (χ4n) is 7.57. The molecule has 2 bridgehead atoms. The molecule has 3 aliphatic rings. The highest BCUT2D eigenvalue weighted by Crippen LogP contribution is 2.54. The first-order valence-electron chi connectivity index (χ1n) is 12.9. The van der Waals surface area contributed by atoms with Gasteiger partial charge in [-0.3, -0.25) is 15.0 Å². The van der Waals surface area contributed by atoms with E-state index in [0.29, 0.717) is 19.4 Å². The number of carbonyl (C=O) groups is 2. The Kier molecular flexibility index (Phi) is 4.27. The average Bonchev–Trinajstić information content (AvgIpc) is 3.56. The maximum atomic E-state index is 13.4. The van der Waals surface area contributed by atoms with Crippen molar-refractivity contribution < 1.29 is 19.1 Å². The van der Waals surface area contributed by atoms with Crippen LogP contribution in [0.4, 0.5) is 0 Å². The summed E-state index contributed by atoms with van der Waals surface area (Å²) in [5.41, 5.74) is 7.78. The number of fused-ring (bicyclic) bond motifs is 13. The fraction of sp³-hybridized carbons (Fsp3) is 0.310. The average molecular weight is 510 g/mol. The Morgan fingerprint density at radius 1 is 1.11 bits per heavy atom. The molecule has 2 aromatic heterocycles. The first-order chi connectivity index (χ1) is 18.5.